The van der Waals surface area contributed by atoms with Gasteiger partial charge in [-0.25, -0.2) is 14.6 Å². The molecular weight excluding hydrogens is 647 g/mol. The Balaban J connectivity index is 1.51. The number of nitrogens with zero attached hydrogens (tertiary/aromatic N) is 2. The maximum Gasteiger partial charge on any atom is 0.333 e. The number of anilines is 2. The third-order valence-corrected chi connectivity index (χ3v) is 9.85. The first kappa shape index (κ1) is 38.1. The fraction of sp³-hybridized carbons (Fsp3) is 0.356. The fourth-order valence-corrected chi connectivity index (χ4v) is 6.95. The second kappa shape index (κ2) is 18.4. The molecule has 52 heavy (non-hydrogen) atoms. The van der Waals surface area contributed by atoms with Gasteiger partial charge in [0.2, 0.25) is 5.71 Å². The first-order chi connectivity index (χ1) is 25.2. The number of hydrogen-bond donors (Lipinski definition) is 1. The number of nitrogens with one attached hydrogen (secondary N) is 1. The monoisotopic (exact) mass is 700 g/mol. The largest absolute Gasteiger partial charge is 0.460 e. The van der Waals surface area contributed by atoms with E-state index in [0.29, 0.717) is 43.5 Å². The average Bonchev–Trinajstić information content (AvgIpc) is 3.17. The molecule has 0 heterocycles. The lowest BCUT2D eigenvalue weighted by Gasteiger charge is -2.25. The third-order valence-electron chi connectivity index (χ3n) is 9.85. The van der Waals surface area contributed by atoms with Crippen LogP contribution in [0.4, 0.5) is 11.4 Å². The van der Waals surface area contributed by atoms with Gasteiger partial charge >= 0.3 is 11.9 Å². The molecule has 7 heteroatoms. The van der Waals surface area contributed by atoms with Crippen LogP contribution in [0.15, 0.2) is 109 Å². The number of esters is 2. The van der Waals surface area contributed by atoms with Crippen molar-refractivity contribution in [3.05, 3.63) is 132 Å². The molecule has 2 aliphatic rings. The summed E-state index contributed by atoms with van der Waals surface area (Å²) in [6.45, 7) is 18.2. The molecule has 0 unspecified atom stereocenters. The molecule has 0 bridgehead atoms. The number of benzene rings is 3. The van der Waals surface area contributed by atoms with Gasteiger partial charge in [-0.3, -0.25) is 0 Å². The SMILES string of the molecule is C=C(C)C(=O)OCCN(CC)c1ccc(C(=C2C=CC(=[NH+]C3CCCCC3)c3ccccc32)c2ccc(N(CC)CCOC(=O)C(=C)C)cc2)cc1. The summed E-state index contributed by atoms with van der Waals surface area (Å²) in [5.74, 6) is -0.728. The minimum atomic E-state index is -0.364. The molecule has 0 aromatic heterocycles. The highest BCUT2D eigenvalue weighted by Gasteiger charge is 2.25. The molecule has 5 rings (SSSR count). The van der Waals surface area contributed by atoms with Crippen LogP contribution in [0.3, 0.4) is 0 Å². The number of fused-ring (bicyclic) bond motifs is 1. The Morgan fingerprint density at radius 3 is 1.63 bits per heavy atom. The van der Waals surface area contributed by atoms with Crippen molar-refractivity contribution in [3.8, 4) is 0 Å². The predicted octanol–water partition coefficient (Wildman–Crippen LogP) is 7.31. The van der Waals surface area contributed by atoms with E-state index >= 15 is 0 Å². The maximum atomic E-state index is 12.0. The quantitative estimate of drug-likeness (QED) is 0.133. The van der Waals surface area contributed by atoms with Crippen molar-refractivity contribution < 1.29 is 24.1 Å². The van der Waals surface area contributed by atoms with Crippen molar-refractivity contribution >= 4 is 40.2 Å². The van der Waals surface area contributed by atoms with Gasteiger partial charge in [0, 0.05) is 54.5 Å². The highest BCUT2D eigenvalue weighted by atomic mass is 16.5. The summed E-state index contributed by atoms with van der Waals surface area (Å²) in [5.41, 5.74) is 11.1. The van der Waals surface area contributed by atoms with E-state index in [4.69, 9.17) is 9.47 Å². The van der Waals surface area contributed by atoms with Gasteiger partial charge in [0.1, 0.15) is 13.2 Å². The molecule has 1 fully saturated rings. The Labute approximate surface area is 310 Å². The van der Waals surface area contributed by atoms with Crippen LogP contribution in [-0.4, -0.2) is 63.1 Å². The van der Waals surface area contributed by atoms with Crippen molar-refractivity contribution in [2.45, 2.75) is 65.8 Å². The fourth-order valence-electron chi connectivity index (χ4n) is 6.95. The summed E-state index contributed by atoms with van der Waals surface area (Å²) in [6, 6.07) is 26.6. The second-order valence-corrected chi connectivity index (χ2v) is 13.6. The minimum absolute atomic E-state index is 0.295. The van der Waals surface area contributed by atoms with Gasteiger partial charge in [0.25, 0.3) is 0 Å². The first-order valence-electron chi connectivity index (χ1n) is 18.7. The molecule has 7 nitrogen and oxygen atoms in total. The van der Waals surface area contributed by atoms with Gasteiger partial charge in [0.15, 0.2) is 6.04 Å². The molecule has 0 saturated heterocycles. The summed E-state index contributed by atoms with van der Waals surface area (Å²) in [5, 5.41) is 0. The minimum Gasteiger partial charge on any atom is -0.460 e. The summed E-state index contributed by atoms with van der Waals surface area (Å²) >= 11 is 0. The lowest BCUT2D eigenvalue weighted by Crippen LogP contribution is -2.80. The van der Waals surface area contributed by atoms with Crippen molar-refractivity contribution in [1.29, 1.82) is 0 Å². The first-order valence-corrected chi connectivity index (χ1v) is 18.7. The second-order valence-electron chi connectivity index (χ2n) is 13.6. The molecule has 1 N–H and O–H groups in total. The van der Waals surface area contributed by atoms with E-state index < -0.39 is 0 Å². The Hall–Kier alpha value is -5.17. The van der Waals surface area contributed by atoms with Crippen LogP contribution in [0.25, 0.3) is 11.1 Å². The van der Waals surface area contributed by atoms with Crippen LogP contribution in [0.2, 0.25) is 0 Å². The summed E-state index contributed by atoms with van der Waals surface area (Å²) < 4.78 is 10.8. The molecule has 3 aromatic carbocycles. The Morgan fingerprint density at radius 1 is 0.692 bits per heavy atom. The van der Waals surface area contributed by atoms with Gasteiger partial charge in [-0.1, -0.05) is 62.0 Å². The van der Waals surface area contributed by atoms with E-state index in [-0.39, 0.29) is 11.9 Å². The van der Waals surface area contributed by atoms with E-state index in [2.05, 4.69) is 127 Å². The van der Waals surface area contributed by atoms with Gasteiger partial charge in [-0.15, -0.1) is 0 Å². The highest BCUT2D eigenvalue weighted by molar-refractivity contribution is 6.17. The van der Waals surface area contributed by atoms with Crippen LogP contribution < -0.4 is 14.8 Å². The molecule has 2 aliphatic carbocycles. The summed E-state index contributed by atoms with van der Waals surface area (Å²) in [4.78, 5) is 32.2. The van der Waals surface area contributed by atoms with Crippen LogP contribution in [0.1, 0.15) is 82.1 Å². The molecule has 272 valence electrons. The normalized spacial score (nSPS) is 14.8. The van der Waals surface area contributed by atoms with E-state index in [0.717, 1.165) is 41.2 Å². The number of allylic oxidation sites excluding steroid dienone is 3. The topological polar surface area (TPSA) is 73.1 Å². The standard InChI is InChI=1S/C45H53N3O4/c1-7-47(28-30-51-44(49)32(3)4)37-22-18-34(19-23-37)43(35-20-24-38(25-21-35)48(8-2)29-31-52-45(50)33(5)6)41-26-27-42(40-17-13-12-16-39(40)41)46-36-14-10-9-11-15-36/h12-13,16-27,36H,3,5,7-11,14-15,28-31H2,1-2,4,6H3/p+1. The van der Waals surface area contributed by atoms with Crippen molar-refractivity contribution in [3.63, 3.8) is 0 Å². The van der Waals surface area contributed by atoms with Gasteiger partial charge in [-0.2, -0.15) is 0 Å². The summed E-state index contributed by atoms with van der Waals surface area (Å²) in [7, 11) is 0. The van der Waals surface area contributed by atoms with Gasteiger partial charge in [-0.05, 0) is 105 Å². The molecular formula is C45H54N3O4+. The van der Waals surface area contributed by atoms with E-state index in [9.17, 15) is 9.59 Å². The zero-order valence-corrected chi connectivity index (χ0v) is 31.4. The maximum absolute atomic E-state index is 12.0. The molecule has 0 spiro atoms. The molecule has 3 aromatic rings. The number of carbonyl (C=O) groups excluding carboxylic acids is 2. The van der Waals surface area contributed by atoms with Crippen LogP contribution >= 0.6 is 0 Å². The Bertz CT molecular complexity index is 1740. The predicted molar refractivity (Wildman–Crippen MR) is 214 cm³/mol. The van der Waals surface area contributed by atoms with Crippen LogP contribution in [-0.2, 0) is 19.1 Å². The number of carbonyl (C=O) groups is 2. The van der Waals surface area contributed by atoms with Crippen LogP contribution in [0, 0.1) is 0 Å². The third kappa shape index (κ3) is 9.58. The molecule has 0 atom stereocenters. The molecule has 0 radical (unpaired) electrons. The van der Waals surface area contributed by atoms with Gasteiger partial charge < -0.3 is 19.3 Å². The van der Waals surface area contributed by atoms with Crippen molar-refractivity contribution in [2.75, 3.05) is 49.2 Å². The molecule has 0 amide bonds. The van der Waals surface area contributed by atoms with Crippen molar-refractivity contribution in [1.82, 2.24) is 0 Å². The van der Waals surface area contributed by atoms with Crippen LogP contribution in [0.5, 0.6) is 0 Å². The van der Waals surface area contributed by atoms with E-state index in [1.165, 1.54) is 54.5 Å². The number of ether oxygens (including phenoxy) is 2. The Morgan fingerprint density at radius 2 is 1.17 bits per heavy atom. The van der Waals surface area contributed by atoms with Gasteiger partial charge in [0.05, 0.1) is 18.7 Å². The molecule has 0 aliphatic heterocycles. The number of rotatable bonds is 15. The lowest BCUT2D eigenvalue weighted by atomic mass is 9.83. The number of likely N-dealkylation sites (N-methyl/N-ethyl adjacent to an activating group) is 2. The zero-order chi connectivity index (χ0) is 37.0. The average molecular weight is 701 g/mol. The lowest BCUT2D eigenvalue weighted by molar-refractivity contribution is -0.506. The van der Waals surface area contributed by atoms with E-state index in [1.807, 2.05) is 0 Å². The summed E-state index contributed by atoms with van der Waals surface area (Å²) in [6.07, 6.45) is 10.8. The van der Waals surface area contributed by atoms with Crippen molar-refractivity contribution in [2.24, 2.45) is 0 Å². The Kier molecular flexibility index (Phi) is 13.4. The zero-order valence-electron chi connectivity index (χ0n) is 31.4. The number of hydrogen-bond acceptors (Lipinski definition) is 6. The highest BCUT2D eigenvalue weighted by Crippen LogP contribution is 2.38. The molecule has 1 saturated carbocycles. The van der Waals surface area contributed by atoms with E-state index in [1.54, 1.807) is 13.8 Å². The smallest absolute Gasteiger partial charge is 0.333 e.